The molecule has 0 amide bonds. The Hall–Kier alpha value is 1.21. The molecule has 0 spiro atoms. The van der Waals surface area contributed by atoms with Gasteiger partial charge in [0, 0.05) is 6.16 Å². The lowest BCUT2D eigenvalue weighted by atomic mass is 10.0. The zero-order valence-electron chi connectivity index (χ0n) is 33.5. The SMILES string of the molecule is C.C.Cc1c(C)c(C)p(CCP(Cl)Cl)c1C.Cc1c(C)c(C)p(CCP)c1C.Cc1c(C)c(C)p(CCP2[C@@H](C(C)C)CC[C@@H]2C(C)C)c1C. The molecule has 1 unspecified atom stereocenters. The van der Waals surface area contributed by atoms with Crippen LogP contribution in [0.2, 0.25) is 0 Å². The molecule has 3 atom stereocenters. The molecule has 0 radical (unpaired) electrons. The van der Waals surface area contributed by atoms with E-state index in [1.807, 2.05) is 0 Å². The highest BCUT2D eigenvalue weighted by atomic mass is 35.9. The summed E-state index contributed by atoms with van der Waals surface area (Å²) in [4.78, 5) is 0. The molecule has 3 aromatic heterocycles. The first kappa shape index (κ1) is 51.2. The molecule has 8 heteroatoms. The van der Waals surface area contributed by atoms with Crippen LogP contribution in [0, 0.1) is 94.9 Å². The van der Waals surface area contributed by atoms with Crippen LogP contribution in [-0.4, -0.2) is 29.8 Å². The van der Waals surface area contributed by atoms with Crippen LogP contribution in [0.3, 0.4) is 0 Å². The van der Waals surface area contributed by atoms with E-state index in [4.69, 9.17) is 22.5 Å². The molecule has 1 aliphatic rings. The first-order valence-corrected chi connectivity index (χ1v) is 28.6. The molecular weight excluding hydrogens is 761 g/mol. The molecule has 290 valence electrons. The van der Waals surface area contributed by atoms with E-state index in [1.54, 1.807) is 54.0 Å². The smallest absolute Gasteiger partial charge is 0.0861 e. The summed E-state index contributed by atoms with van der Waals surface area (Å²) >= 11 is 11.7. The molecule has 0 aliphatic carbocycles. The van der Waals surface area contributed by atoms with Gasteiger partial charge in [0.15, 0.2) is 0 Å². The average Bonchev–Trinajstić information content (AvgIpc) is 3.66. The van der Waals surface area contributed by atoms with Crippen LogP contribution in [0.15, 0.2) is 0 Å². The average molecular weight is 840 g/mol. The molecule has 1 saturated heterocycles. The van der Waals surface area contributed by atoms with Crippen LogP contribution in [0.4, 0.5) is 0 Å². The molecule has 0 saturated carbocycles. The van der Waals surface area contributed by atoms with E-state index in [2.05, 4.69) is 120 Å². The van der Waals surface area contributed by atoms with Gasteiger partial charge in [-0.15, -0.1) is 31.8 Å². The highest BCUT2D eigenvalue weighted by molar-refractivity contribution is 8.04. The monoisotopic (exact) mass is 838 g/mol. The van der Waals surface area contributed by atoms with Crippen LogP contribution in [0.5, 0.6) is 0 Å². The fourth-order valence-corrected chi connectivity index (χ4v) is 23.9. The van der Waals surface area contributed by atoms with Gasteiger partial charge in [-0.1, -0.05) is 73.0 Å². The summed E-state index contributed by atoms with van der Waals surface area (Å²) in [5.74, 6) is 1.78. The Kier molecular flexibility index (Phi) is 23.9. The molecule has 4 rings (SSSR count). The Morgan fingerprint density at radius 2 is 0.800 bits per heavy atom. The predicted molar refractivity (Wildman–Crippen MR) is 254 cm³/mol. The molecule has 0 bridgehead atoms. The topological polar surface area (TPSA) is 0 Å². The van der Waals surface area contributed by atoms with Crippen LogP contribution in [-0.2, 0) is 18.5 Å². The third kappa shape index (κ3) is 12.6. The summed E-state index contributed by atoms with van der Waals surface area (Å²) in [7, 11) is 3.13. The lowest BCUT2D eigenvalue weighted by Crippen LogP contribution is -2.16. The van der Waals surface area contributed by atoms with Crippen molar-refractivity contribution in [2.45, 2.75) is 168 Å². The molecule has 0 aromatic carbocycles. The number of halogens is 2. The van der Waals surface area contributed by atoms with E-state index < -0.39 is 6.63 Å². The Balaban J connectivity index is 0.000000748. The number of hydrogen-bond donors (Lipinski definition) is 0. The zero-order chi connectivity index (χ0) is 36.8. The summed E-state index contributed by atoms with van der Waals surface area (Å²) in [6.07, 6.45) is 10.7. The van der Waals surface area contributed by atoms with Gasteiger partial charge in [-0.2, -0.15) is 0 Å². The molecule has 4 heterocycles. The van der Waals surface area contributed by atoms with Gasteiger partial charge in [0.1, 0.15) is 0 Å². The maximum atomic E-state index is 5.83. The second-order valence-electron chi connectivity index (χ2n) is 15.0. The lowest BCUT2D eigenvalue weighted by Gasteiger charge is -2.30. The Bertz CT molecular complexity index is 1380. The first-order chi connectivity index (χ1) is 22.3. The van der Waals surface area contributed by atoms with E-state index in [0.717, 1.165) is 29.3 Å². The standard InChI is InChI=1S/C20H36P2.C10H16Cl2P2.C10H18P2.2CH4/c1-13(2)19-9-10-20(14(3)4)22(19)12-11-21-17(7)15(5)16(6)18(21)8;1-7-8(2)10(4)13(9(7)3)5-6-14(11)12;1-7-8(2)10(4)12(6-5-11)9(7)3;;/h13-14,19-20H,9-12H2,1-8H3;5-6H2,1-4H3;5-6,11H2,1-4H3;2*1H4/t19-,20-;;;;/m1..../s1. The van der Waals surface area contributed by atoms with Crippen molar-refractivity contribution in [2.75, 3.05) is 18.5 Å². The largest absolute Gasteiger partial charge is 0.137 e. The van der Waals surface area contributed by atoms with Gasteiger partial charge in [-0.25, -0.2) is 0 Å². The van der Waals surface area contributed by atoms with Crippen molar-refractivity contribution in [3.05, 3.63) is 65.2 Å². The van der Waals surface area contributed by atoms with Gasteiger partial charge in [0.25, 0.3) is 0 Å². The minimum atomic E-state index is -0.768. The van der Waals surface area contributed by atoms with Crippen molar-refractivity contribution in [3.8, 4) is 0 Å². The van der Waals surface area contributed by atoms with E-state index in [9.17, 15) is 0 Å². The minimum Gasteiger partial charge on any atom is -0.137 e. The van der Waals surface area contributed by atoms with E-state index >= 15 is 0 Å². The van der Waals surface area contributed by atoms with E-state index in [0.29, 0.717) is 0 Å². The van der Waals surface area contributed by atoms with Gasteiger partial charge < -0.3 is 0 Å². The predicted octanol–water partition coefficient (Wildman–Crippen LogP) is 18.0. The molecule has 50 heavy (non-hydrogen) atoms. The summed E-state index contributed by atoms with van der Waals surface area (Å²) in [5, 5.41) is 9.90. The fraction of sp³-hybridized carbons (Fsp3) is 0.714. The maximum absolute atomic E-state index is 5.83. The summed E-state index contributed by atoms with van der Waals surface area (Å²) in [6.45, 7) is 36.7. The summed E-state index contributed by atoms with van der Waals surface area (Å²) in [5.41, 5.74) is 11.4. The van der Waals surface area contributed by atoms with Crippen LogP contribution < -0.4 is 0 Å². The van der Waals surface area contributed by atoms with Crippen molar-refractivity contribution in [2.24, 2.45) is 11.8 Å². The van der Waals surface area contributed by atoms with Gasteiger partial charge in [-0.3, -0.25) is 0 Å². The van der Waals surface area contributed by atoms with Gasteiger partial charge >= 0.3 is 0 Å². The van der Waals surface area contributed by atoms with Gasteiger partial charge in [0.2, 0.25) is 0 Å². The van der Waals surface area contributed by atoms with E-state index in [1.165, 1.54) is 54.8 Å². The molecule has 3 aromatic rings. The van der Waals surface area contributed by atoms with Crippen molar-refractivity contribution in [3.63, 3.8) is 0 Å². The number of hydrogen-bond acceptors (Lipinski definition) is 0. The molecule has 0 N–H and O–H groups in total. The quantitative estimate of drug-likeness (QED) is 0.178. The molecule has 0 nitrogen and oxygen atoms in total. The highest BCUT2D eigenvalue weighted by Crippen LogP contribution is 2.62. The Morgan fingerprint density at radius 1 is 0.520 bits per heavy atom. The normalized spacial score (nSPS) is 16.0. The van der Waals surface area contributed by atoms with Crippen molar-refractivity contribution in [1.29, 1.82) is 0 Å². The second-order valence-corrected chi connectivity index (χ2v) is 30.3. The van der Waals surface area contributed by atoms with Gasteiger partial charge in [0.05, 0.1) is 6.63 Å². The third-order valence-corrected chi connectivity index (χ3v) is 28.1. The fourth-order valence-electron chi connectivity index (χ4n) is 7.81. The first-order valence-electron chi connectivity index (χ1n) is 18.2. The zero-order valence-corrected chi connectivity index (χ0v) is 40.7. The van der Waals surface area contributed by atoms with Crippen molar-refractivity contribution < 1.29 is 0 Å². The van der Waals surface area contributed by atoms with Crippen LogP contribution in [0.25, 0.3) is 0 Å². The molecule has 1 fully saturated rings. The second kappa shape index (κ2) is 23.3. The van der Waals surface area contributed by atoms with Crippen molar-refractivity contribution >= 4 is 68.9 Å². The van der Waals surface area contributed by atoms with Gasteiger partial charge in [-0.05, 0) is 215 Å². The maximum Gasteiger partial charge on any atom is 0.0861 e. The van der Waals surface area contributed by atoms with Crippen LogP contribution in [0.1, 0.15) is 121 Å². The Morgan fingerprint density at radius 3 is 1.06 bits per heavy atom. The molecule has 1 aliphatic heterocycles. The highest BCUT2D eigenvalue weighted by Gasteiger charge is 2.38. The lowest BCUT2D eigenvalue weighted by molar-refractivity contribution is 0.543. The van der Waals surface area contributed by atoms with Crippen LogP contribution >= 0.6 is 68.9 Å². The summed E-state index contributed by atoms with van der Waals surface area (Å²) < 4.78 is 0. The summed E-state index contributed by atoms with van der Waals surface area (Å²) in [6, 6.07) is 0. The number of rotatable bonds is 10. The Labute approximate surface area is 330 Å². The van der Waals surface area contributed by atoms with Crippen molar-refractivity contribution in [1.82, 2.24) is 0 Å². The minimum absolute atomic E-state index is 0. The molecular formula is C42H78Cl2P6. The third-order valence-electron chi connectivity index (χ3n) is 11.9. The van der Waals surface area contributed by atoms with E-state index in [-0.39, 0.29) is 45.4 Å².